The maximum Gasteiger partial charge on any atom is 0.231 e. The Morgan fingerprint density at radius 1 is 0.462 bits per heavy atom. The number of hydrogen-bond donors (Lipinski definition) is 0. The molecular formula is C42H36O8P2. The summed E-state index contributed by atoms with van der Waals surface area (Å²) >= 11 is 0. The van der Waals surface area contributed by atoms with E-state index in [2.05, 4.69) is 0 Å². The Balaban J connectivity index is 1.58. The molecule has 52 heavy (non-hydrogen) atoms. The van der Waals surface area contributed by atoms with Gasteiger partial charge in [-0.3, -0.25) is 0 Å². The largest absolute Gasteiger partial charge is 0.490 e. The molecule has 0 aromatic heterocycles. The Morgan fingerprint density at radius 2 is 0.750 bits per heavy atom. The van der Waals surface area contributed by atoms with E-state index in [9.17, 15) is 0 Å². The summed E-state index contributed by atoms with van der Waals surface area (Å²) in [4.78, 5) is 0. The van der Waals surface area contributed by atoms with E-state index in [1.807, 2.05) is 135 Å². The molecule has 2 aliphatic rings. The fourth-order valence-electron chi connectivity index (χ4n) is 6.96. The minimum Gasteiger partial charge on any atom is -0.490 e. The van der Waals surface area contributed by atoms with Crippen LogP contribution in [-0.2, 0) is 9.13 Å². The van der Waals surface area contributed by atoms with Gasteiger partial charge in [0.1, 0.15) is 0 Å². The van der Waals surface area contributed by atoms with Crippen molar-refractivity contribution >= 4 is 46.1 Å². The standard InChI is InChI=1S/C42H36O8P2/c1-3-45-33-25-35(51(43,29-17-9-5-10-18-29)30-19-11-6-12-20-30)37(41-39(33)47-27-49-41)38-36(26-34(46-4-2)40-42(38)50-28-48-40)52(44,31-21-13-7-14-22-31)32-23-15-8-16-24-32/h5-26H,3-4,27-28H2,1-2H3. The molecule has 2 heterocycles. The number of hydrogen-bond acceptors (Lipinski definition) is 8. The van der Waals surface area contributed by atoms with Gasteiger partial charge in [0.05, 0.1) is 13.2 Å². The topological polar surface area (TPSA) is 89.5 Å². The van der Waals surface area contributed by atoms with Gasteiger partial charge in [-0.15, -0.1) is 0 Å². The maximum atomic E-state index is 16.4. The molecule has 6 aromatic rings. The first-order valence-electron chi connectivity index (χ1n) is 17.1. The molecule has 8 nitrogen and oxygen atoms in total. The van der Waals surface area contributed by atoms with Crippen LogP contribution in [0.15, 0.2) is 133 Å². The van der Waals surface area contributed by atoms with Crippen LogP contribution in [0.4, 0.5) is 0 Å². The van der Waals surface area contributed by atoms with Crippen molar-refractivity contribution in [3.63, 3.8) is 0 Å². The lowest BCUT2D eigenvalue weighted by Crippen LogP contribution is -2.30. The van der Waals surface area contributed by atoms with Gasteiger partial charge >= 0.3 is 0 Å². The number of rotatable bonds is 11. The second kappa shape index (κ2) is 14.0. The van der Waals surface area contributed by atoms with Crippen molar-refractivity contribution in [2.24, 2.45) is 0 Å². The highest BCUT2D eigenvalue weighted by Crippen LogP contribution is 2.60. The molecule has 262 valence electrons. The fraction of sp³-hybridized carbons (Fsp3) is 0.143. The third-order valence-electron chi connectivity index (χ3n) is 9.18. The van der Waals surface area contributed by atoms with Crippen molar-refractivity contribution in [1.82, 2.24) is 0 Å². The van der Waals surface area contributed by atoms with Crippen LogP contribution >= 0.6 is 14.3 Å². The highest BCUT2D eigenvalue weighted by atomic mass is 31.2. The van der Waals surface area contributed by atoms with Gasteiger partial charge in [0.15, 0.2) is 37.3 Å². The Hall–Kier alpha value is -5.42. The molecule has 0 atom stereocenters. The van der Waals surface area contributed by atoms with E-state index in [1.54, 1.807) is 12.1 Å². The Kier molecular flexibility index (Phi) is 9.04. The van der Waals surface area contributed by atoms with Crippen molar-refractivity contribution in [2.45, 2.75) is 13.8 Å². The van der Waals surface area contributed by atoms with E-state index >= 15 is 9.13 Å². The van der Waals surface area contributed by atoms with E-state index in [4.69, 9.17) is 28.4 Å². The van der Waals surface area contributed by atoms with Crippen LogP contribution in [0.25, 0.3) is 11.1 Å². The highest BCUT2D eigenvalue weighted by Gasteiger charge is 2.44. The van der Waals surface area contributed by atoms with Crippen molar-refractivity contribution in [1.29, 1.82) is 0 Å². The zero-order valence-corrected chi connectivity index (χ0v) is 30.5. The van der Waals surface area contributed by atoms with Gasteiger partial charge in [0, 0.05) is 43.0 Å². The lowest BCUT2D eigenvalue weighted by molar-refractivity contribution is 0.169. The minimum absolute atomic E-state index is 0.103. The van der Waals surface area contributed by atoms with Crippen LogP contribution in [0.1, 0.15) is 13.8 Å². The molecule has 0 amide bonds. The quantitative estimate of drug-likeness (QED) is 0.133. The van der Waals surface area contributed by atoms with E-state index in [1.165, 1.54) is 0 Å². The molecule has 10 heteroatoms. The summed E-state index contributed by atoms with van der Waals surface area (Å²) in [7, 11) is -7.52. The first-order chi connectivity index (χ1) is 25.5. The summed E-state index contributed by atoms with van der Waals surface area (Å²) in [6, 6.07) is 41.0. The smallest absolute Gasteiger partial charge is 0.231 e. The van der Waals surface area contributed by atoms with Gasteiger partial charge in [-0.05, 0) is 26.0 Å². The molecule has 0 unspecified atom stereocenters. The summed E-state index contributed by atoms with van der Waals surface area (Å²) < 4.78 is 70.1. The van der Waals surface area contributed by atoms with Crippen LogP contribution in [0.5, 0.6) is 34.5 Å². The molecule has 0 fully saturated rings. The third-order valence-corrected chi connectivity index (χ3v) is 15.3. The lowest BCUT2D eigenvalue weighted by Gasteiger charge is -2.28. The van der Waals surface area contributed by atoms with E-state index in [0.717, 1.165) is 0 Å². The van der Waals surface area contributed by atoms with Crippen molar-refractivity contribution in [2.75, 3.05) is 26.8 Å². The molecular weight excluding hydrogens is 694 g/mol. The second-order valence-electron chi connectivity index (χ2n) is 12.1. The monoisotopic (exact) mass is 730 g/mol. The molecule has 0 spiro atoms. The van der Waals surface area contributed by atoms with Crippen LogP contribution in [-0.4, -0.2) is 26.8 Å². The average molecular weight is 731 g/mol. The van der Waals surface area contributed by atoms with E-state index < -0.39 is 14.3 Å². The third kappa shape index (κ3) is 5.46. The second-order valence-corrected chi connectivity index (χ2v) is 17.6. The Bertz CT molecular complexity index is 2080. The number of fused-ring (bicyclic) bond motifs is 2. The molecule has 0 aliphatic carbocycles. The van der Waals surface area contributed by atoms with Gasteiger partial charge < -0.3 is 37.6 Å². The SMILES string of the molecule is CCOc1cc(P(=O)(c2ccccc2)c2ccccc2)c(-c2c(P(=O)(c3ccccc3)c3ccccc3)cc(OCC)c3c2OCO3)c2c1OCO2. The zero-order valence-electron chi connectivity index (χ0n) is 28.7. The number of benzene rings is 6. The molecule has 2 aliphatic heterocycles. The first kappa shape index (κ1) is 33.7. The number of ether oxygens (including phenoxy) is 6. The van der Waals surface area contributed by atoms with E-state index in [0.29, 0.717) is 90.7 Å². The Labute approximate surface area is 302 Å². The molecule has 6 aromatic carbocycles. The predicted molar refractivity (Wildman–Crippen MR) is 205 cm³/mol. The maximum absolute atomic E-state index is 16.4. The van der Waals surface area contributed by atoms with Crippen LogP contribution in [0.3, 0.4) is 0 Å². The van der Waals surface area contributed by atoms with E-state index in [-0.39, 0.29) is 13.6 Å². The van der Waals surface area contributed by atoms with Gasteiger partial charge in [-0.2, -0.15) is 0 Å². The summed E-state index contributed by atoms with van der Waals surface area (Å²) in [5, 5.41) is 3.21. The van der Waals surface area contributed by atoms with Gasteiger partial charge in [-0.25, -0.2) is 0 Å². The van der Waals surface area contributed by atoms with Gasteiger partial charge in [-0.1, -0.05) is 121 Å². The minimum atomic E-state index is -3.76. The first-order valence-corrected chi connectivity index (χ1v) is 20.5. The van der Waals surface area contributed by atoms with Crippen molar-refractivity contribution < 1.29 is 37.6 Å². The molecule has 0 radical (unpaired) electrons. The predicted octanol–water partition coefficient (Wildman–Crippen LogP) is 6.89. The average Bonchev–Trinajstić information content (AvgIpc) is 3.91. The summed E-state index contributed by atoms with van der Waals surface area (Å²) in [6.07, 6.45) is 0. The summed E-state index contributed by atoms with van der Waals surface area (Å²) in [5.74, 6) is 2.10. The van der Waals surface area contributed by atoms with Crippen LogP contribution < -0.4 is 60.2 Å². The molecule has 0 saturated carbocycles. The normalized spacial score (nSPS) is 13.2. The lowest BCUT2D eigenvalue weighted by atomic mass is 10.0. The fourth-order valence-corrected chi connectivity index (χ4v) is 12.7. The molecule has 0 saturated heterocycles. The summed E-state index contributed by atoms with van der Waals surface area (Å²) in [6.45, 7) is 4.20. The highest BCUT2D eigenvalue weighted by molar-refractivity contribution is 7.86. The summed E-state index contributed by atoms with van der Waals surface area (Å²) in [5.41, 5.74) is 0.831. The van der Waals surface area contributed by atoms with Crippen molar-refractivity contribution in [3.05, 3.63) is 133 Å². The van der Waals surface area contributed by atoms with Crippen molar-refractivity contribution in [3.8, 4) is 45.6 Å². The zero-order chi connectivity index (χ0) is 35.7. The van der Waals surface area contributed by atoms with Crippen LogP contribution in [0.2, 0.25) is 0 Å². The van der Waals surface area contributed by atoms with Gasteiger partial charge in [0.25, 0.3) is 0 Å². The molecule has 0 bridgehead atoms. The molecule has 0 N–H and O–H groups in total. The molecule has 8 rings (SSSR count). The van der Waals surface area contributed by atoms with Crippen LogP contribution in [0, 0.1) is 0 Å². The Morgan fingerprint density at radius 3 is 1.04 bits per heavy atom. The van der Waals surface area contributed by atoms with Gasteiger partial charge in [0.2, 0.25) is 25.1 Å².